The Bertz CT molecular complexity index is 1780. The van der Waals surface area contributed by atoms with Gasteiger partial charge in [-0.05, 0) is 49.4 Å². The molecule has 1 unspecified atom stereocenters. The van der Waals surface area contributed by atoms with Crippen LogP contribution in [0.3, 0.4) is 0 Å². The molecule has 1 aromatic rings. The quantitative estimate of drug-likeness (QED) is 0.0641. The lowest BCUT2D eigenvalue weighted by atomic mass is 9.95. The van der Waals surface area contributed by atoms with Crippen LogP contribution in [-0.2, 0) is 53.7 Å². The molecule has 0 heterocycles. The third-order valence-corrected chi connectivity index (χ3v) is 12.5. The van der Waals surface area contributed by atoms with E-state index >= 15 is 0 Å². The van der Waals surface area contributed by atoms with E-state index in [1.54, 1.807) is 12.2 Å². The number of hydrogen-bond donors (Lipinski definition) is 1. The minimum Gasteiger partial charge on any atom is -0.459 e. The Morgan fingerprint density at radius 3 is 1.30 bits per heavy atom. The lowest BCUT2D eigenvalue weighted by molar-refractivity contribution is -0.290. The van der Waals surface area contributed by atoms with Crippen molar-refractivity contribution in [2.75, 3.05) is 23.0 Å². The summed E-state index contributed by atoms with van der Waals surface area (Å²) < 4.78 is 110. The van der Waals surface area contributed by atoms with Crippen LogP contribution >= 0.6 is 0 Å². The summed E-state index contributed by atoms with van der Waals surface area (Å²) in [6.07, 6.45) is 0.560. The Labute approximate surface area is 294 Å². The summed E-state index contributed by atoms with van der Waals surface area (Å²) in [7, 11) is -16.6. The predicted octanol–water partition coefficient (Wildman–Crippen LogP) is 4.05. The molecule has 1 rings (SSSR count). The molecule has 0 aliphatic carbocycles. The highest BCUT2D eigenvalue weighted by Crippen LogP contribution is 2.31. The fourth-order valence-corrected chi connectivity index (χ4v) is 8.54. The van der Waals surface area contributed by atoms with Gasteiger partial charge in [0.05, 0.1) is 34.1 Å². The van der Waals surface area contributed by atoms with Crippen molar-refractivity contribution in [3.05, 3.63) is 108 Å². The minimum atomic E-state index is -4.16. The van der Waals surface area contributed by atoms with Crippen molar-refractivity contribution < 1.29 is 62.9 Å². The van der Waals surface area contributed by atoms with Crippen molar-refractivity contribution >= 4 is 51.3 Å². The number of carbonyl (C=O) groups excluding carboxylic acids is 2. The Hall–Kier alpha value is -3.68. The van der Waals surface area contributed by atoms with E-state index in [1.165, 1.54) is 0 Å². The van der Waals surface area contributed by atoms with E-state index in [1.807, 2.05) is 0 Å². The van der Waals surface area contributed by atoms with E-state index in [0.717, 1.165) is 18.2 Å². The molecule has 1 N–H and O–H groups in total. The molecule has 0 saturated carbocycles. The first-order valence-electron chi connectivity index (χ1n) is 14.7. The average Bonchev–Trinajstić information content (AvgIpc) is 3.05. The number of benzene rings is 1. The molecule has 0 amide bonds. The first-order chi connectivity index (χ1) is 23.2. The molecule has 14 nitrogen and oxygen atoms in total. The zero-order valence-corrected chi connectivity index (χ0v) is 30.6. The SMILES string of the molecule is C=CCCC(CCC=C)OC(=O)c1cc(C(=O)OC(CS(=O)(=O)C=C)CS(=O)(=O)C=C)cc(C(OO)C(CS(=O)(=O)C=C)CS(=O)(=O)C=C)c1. The van der Waals surface area contributed by atoms with Gasteiger partial charge in [0.15, 0.2) is 39.3 Å². The van der Waals surface area contributed by atoms with Crippen LogP contribution in [0, 0.1) is 5.92 Å². The van der Waals surface area contributed by atoms with Gasteiger partial charge in [0, 0.05) is 27.6 Å². The van der Waals surface area contributed by atoms with Gasteiger partial charge in [-0.1, -0.05) is 38.5 Å². The molecule has 0 saturated heterocycles. The fraction of sp³-hybridized carbons (Fsp3) is 0.375. The lowest BCUT2D eigenvalue weighted by Gasteiger charge is -2.25. The van der Waals surface area contributed by atoms with E-state index in [-0.39, 0.29) is 11.1 Å². The highest BCUT2D eigenvalue weighted by atomic mass is 32.2. The third kappa shape index (κ3) is 15.1. The summed E-state index contributed by atoms with van der Waals surface area (Å²) in [5, 5.41) is 12.2. The Morgan fingerprint density at radius 1 is 0.600 bits per heavy atom. The van der Waals surface area contributed by atoms with Crippen molar-refractivity contribution in [1.29, 1.82) is 0 Å². The third-order valence-electron chi connectivity index (χ3n) is 6.97. The Morgan fingerprint density at radius 2 is 0.960 bits per heavy atom. The molecular formula is C32H42O14S4. The second-order valence-electron chi connectivity index (χ2n) is 10.9. The number of allylic oxidation sites excluding steroid dienone is 2. The van der Waals surface area contributed by atoms with Crippen LogP contribution in [0.5, 0.6) is 0 Å². The van der Waals surface area contributed by atoms with Crippen molar-refractivity contribution in [3.8, 4) is 0 Å². The van der Waals surface area contributed by atoms with Gasteiger partial charge in [0.2, 0.25) is 0 Å². The predicted molar refractivity (Wildman–Crippen MR) is 190 cm³/mol. The largest absolute Gasteiger partial charge is 0.459 e. The van der Waals surface area contributed by atoms with Gasteiger partial charge in [-0.2, -0.15) is 0 Å². The smallest absolute Gasteiger partial charge is 0.338 e. The summed E-state index contributed by atoms with van der Waals surface area (Å²) in [4.78, 5) is 31.6. The van der Waals surface area contributed by atoms with Gasteiger partial charge >= 0.3 is 11.9 Å². The van der Waals surface area contributed by atoms with Crippen LogP contribution in [0.15, 0.2) is 91.5 Å². The zero-order chi connectivity index (χ0) is 38.3. The normalized spacial score (nSPS) is 13.0. The number of ether oxygens (including phenoxy) is 2. The minimum absolute atomic E-state index is 0.305. The van der Waals surface area contributed by atoms with Crippen molar-refractivity contribution in [2.24, 2.45) is 5.92 Å². The van der Waals surface area contributed by atoms with Gasteiger partial charge in [-0.15, -0.1) is 13.2 Å². The van der Waals surface area contributed by atoms with E-state index in [4.69, 9.17) is 9.47 Å². The van der Waals surface area contributed by atoms with Crippen molar-refractivity contribution in [3.63, 3.8) is 0 Å². The monoisotopic (exact) mass is 778 g/mol. The summed E-state index contributed by atoms with van der Waals surface area (Å²) in [6, 6.07) is 2.99. The summed E-state index contributed by atoms with van der Waals surface area (Å²) in [6.45, 7) is 20.0. The molecule has 1 aromatic carbocycles. The van der Waals surface area contributed by atoms with Crippen molar-refractivity contribution in [1.82, 2.24) is 0 Å². The van der Waals surface area contributed by atoms with Crippen LogP contribution in [0.4, 0.5) is 0 Å². The fourth-order valence-electron chi connectivity index (χ4n) is 4.51. The molecule has 1 atom stereocenters. The molecule has 0 bridgehead atoms. The van der Waals surface area contributed by atoms with E-state index in [0.29, 0.717) is 47.3 Å². The lowest BCUT2D eigenvalue weighted by Crippen LogP contribution is -2.32. The number of carbonyl (C=O) groups is 2. The maximum Gasteiger partial charge on any atom is 0.338 e. The topological polar surface area (TPSA) is 219 Å². The molecule has 0 aliphatic heterocycles. The summed E-state index contributed by atoms with van der Waals surface area (Å²) in [5.74, 6) is -7.82. The zero-order valence-electron chi connectivity index (χ0n) is 27.3. The second kappa shape index (κ2) is 19.6. The number of esters is 2. The van der Waals surface area contributed by atoms with E-state index in [2.05, 4.69) is 44.4 Å². The van der Waals surface area contributed by atoms with Crippen molar-refractivity contribution in [2.45, 2.75) is 44.0 Å². The van der Waals surface area contributed by atoms with Crippen LogP contribution in [0.25, 0.3) is 0 Å². The molecule has 278 valence electrons. The number of sulfone groups is 4. The van der Waals surface area contributed by atoms with Gasteiger partial charge < -0.3 is 9.47 Å². The maximum absolute atomic E-state index is 13.5. The standard InChI is InChI=1S/C32H42O14S4/c1-7-13-15-28(16-14-8-2)44-31(33)25-17-24(30(46-35)27(20-47(36,37)9-3)21-48(38,39)10-4)18-26(19-25)32(34)45-29(22-49(40,41)11-5)23-50(42,43)12-6/h7-12,17-19,27-30,35H,1-6,13-16,20-23H2. The first-order valence-corrected chi connectivity index (χ1v) is 21.6. The first kappa shape index (κ1) is 44.3. The highest BCUT2D eigenvalue weighted by molar-refractivity contribution is 7.95. The summed E-state index contributed by atoms with van der Waals surface area (Å²) in [5.41, 5.74) is -1.20. The maximum atomic E-state index is 13.5. The molecule has 0 aromatic heterocycles. The van der Waals surface area contributed by atoms with Gasteiger partial charge in [-0.3, -0.25) is 5.26 Å². The molecular weight excluding hydrogens is 737 g/mol. The molecule has 0 radical (unpaired) electrons. The highest BCUT2D eigenvalue weighted by Gasteiger charge is 2.34. The Kier molecular flexibility index (Phi) is 17.4. The van der Waals surface area contributed by atoms with Gasteiger partial charge in [0.25, 0.3) is 0 Å². The van der Waals surface area contributed by atoms with E-state index in [9.17, 15) is 48.5 Å². The molecule has 0 spiro atoms. The van der Waals surface area contributed by atoms with Crippen LogP contribution in [0.2, 0.25) is 0 Å². The molecule has 50 heavy (non-hydrogen) atoms. The number of rotatable bonds is 25. The average molecular weight is 779 g/mol. The molecule has 18 heteroatoms. The molecule has 0 fully saturated rings. The number of hydrogen-bond acceptors (Lipinski definition) is 14. The Balaban J connectivity index is 3.95. The van der Waals surface area contributed by atoms with Gasteiger partial charge in [0.1, 0.15) is 18.3 Å². The van der Waals surface area contributed by atoms with Crippen LogP contribution in [0.1, 0.15) is 58.1 Å². The van der Waals surface area contributed by atoms with Crippen LogP contribution in [-0.4, -0.2) is 86.1 Å². The molecule has 0 aliphatic rings. The summed E-state index contributed by atoms with van der Waals surface area (Å²) >= 11 is 0. The second-order valence-corrected chi connectivity index (χ2v) is 18.9. The van der Waals surface area contributed by atoms with Gasteiger partial charge in [-0.25, -0.2) is 48.1 Å². The van der Waals surface area contributed by atoms with Crippen LogP contribution < -0.4 is 0 Å². The van der Waals surface area contributed by atoms with E-state index < -0.39 is 104 Å².